The third-order valence-electron chi connectivity index (χ3n) is 4.54. The van der Waals surface area contributed by atoms with Crippen molar-refractivity contribution in [3.8, 4) is 0 Å². The molecule has 2 N–H and O–H groups in total. The van der Waals surface area contributed by atoms with Crippen molar-refractivity contribution >= 4 is 5.69 Å². The molecular formula is C17H28N2. The van der Waals surface area contributed by atoms with E-state index in [-0.39, 0.29) is 6.04 Å². The van der Waals surface area contributed by atoms with E-state index in [0.29, 0.717) is 6.04 Å². The minimum absolute atomic E-state index is 0.178. The molecule has 1 atom stereocenters. The summed E-state index contributed by atoms with van der Waals surface area (Å²) >= 11 is 0. The Labute approximate surface area is 118 Å². The second kappa shape index (κ2) is 6.95. The lowest BCUT2D eigenvalue weighted by Crippen LogP contribution is -2.31. The zero-order valence-corrected chi connectivity index (χ0v) is 12.4. The molecule has 0 aliphatic heterocycles. The molecule has 0 amide bonds. The molecule has 0 spiro atoms. The first-order chi connectivity index (χ1) is 9.22. The smallest absolute Gasteiger partial charge is 0.0366 e. The fourth-order valence-corrected chi connectivity index (χ4v) is 3.05. The molecule has 0 unspecified atom stereocenters. The van der Waals surface area contributed by atoms with Crippen molar-refractivity contribution in [1.82, 2.24) is 0 Å². The number of nitrogens with two attached hydrogens (primary N) is 1. The summed E-state index contributed by atoms with van der Waals surface area (Å²) in [5.41, 5.74) is 8.65. The lowest BCUT2D eigenvalue weighted by molar-refractivity contribution is 0.553. The Hall–Kier alpha value is -1.02. The standard InChI is InChI=1S/C17H28N2/c1-3-17(18)14-10-12-16(13-11-14)19(2)15-8-6-4-5-7-9-15/h10-13,15,17H,3-9,18H2,1-2H3/t17-/m1/s1. The van der Waals surface area contributed by atoms with Crippen LogP contribution in [0.3, 0.4) is 0 Å². The third-order valence-corrected chi connectivity index (χ3v) is 4.54. The number of nitrogens with zero attached hydrogens (tertiary/aromatic N) is 1. The molecule has 1 aromatic carbocycles. The van der Waals surface area contributed by atoms with Gasteiger partial charge in [-0.3, -0.25) is 0 Å². The van der Waals surface area contributed by atoms with Crippen molar-refractivity contribution in [3.63, 3.8) is 0 Å². The summed E-state index contributed by atoms with van der Waals surface area (Å²) in [4.78, 5) is 2.46. The van der Waals surface area contributed by atoms with Crippen LogP contribution >= 0.6 is 0 Å². The molecular weight excluding hydrogens is 232 g/mol. The molecule has 0 saturated heterocycles. The summed E-state index contributed by atoms with van der Waals surface area (Å²) in [6, 6.07) is 9.74. The molecule has 106 valence electrons. The number of anilines is 1. The van der Waals surface area contributed by atoms with Gasteiger partial charge in [-0.15, -0.1) is 0 Å². The van der Waals surface area contributed by atoms with Crippen LogP contribution in [-0.2, 0) is 0 Å². The molecule has 2 rings (SSSR count). The summed E-state index contributed by atoms with van der Waals surface area (Å²) in [5, 5.41) is 0. The molecule has 0 heterocycles. The predicted octanol–water partition coefficient (Wildman–Crippen LogP) is 4.26. The molecule has 19 heavy (non-hydrogen) atoms. The fraction of sp³-hybridized carbons (Fsp3) is 0.647. The second-order valence-corrected chi connectivity index (χ2v) is 5.86. The van der Waals surface area contributed by atoms with Crippen LogP contribution in [0.25, 0.3) is 0 Å². The zero-order valence-electron chi connectivity index (χ0n) is 12.4. The van der Waals surface area contributed by atoms with E-state index in [1.807, 2.05) is 0 Å². The lowest BCUT2D eigenvalue weighted by Gasteiger charge is -2.29. The van der Waals surface area contributed by atoms with E-state index in [1.54, 1.807) is 0 Å². The highest BCUT2D eigenvalue weighted by atomic mass is 15.1. The zero-order chi connectivity index (χ0) is 13.7. The van der Waals surface area contributed by atoms with E-state index >= 15 is 0 Å². The molecule has 0 aromatic heterocycles. The SMILES string of the molecule is CC[C@@H](N)c1ccc(N(C)C2CCCCCC2)cc1. The van der Waals surface area contributed by atoms with Crippen molar-refractivity contribution in [1.29, 1.82) is 0 Å². The number of rotatable bonds is 4. The van der Waals surface area contributed by atoms with E-state index in [1.165, 1.54) is 49.8 Å². The minimum Gasteiger partial charge on any atom is -0.372 e. The molecule has 2 heteroatoms. The average molecular weight is 260 g/mol. The minimum atomic E-state index is 0.178. The molecule has 0 bridgehead atoms. The maximum absolute atomic E-state index is 6.07. The Bertz CT molecular complexity index is 363. The van der Waals surface area contributed by atoms with Crippen LogP contribution in [0, 0.1) is 0 Å². The van der Waals surface area contributed by atoms with Gasteiger partial charge < -0.3 is 10.6 Å². The summed E-state index contributed by atoms with van der Waals surface area (Å²) in [6.07, 6.45) is 9.27. The predicted molar refractivity (Wildman–Crippen MR) is 83.6 cm³/mol. The Morgan fingerprint density at radius 3 is 2.21 bits per heavy atom. The number of hydrogen-bond donors (Lipinski definition) is 1. The van der Waals surface area contributed by atoms with Crippen molar-refractivity contribution in [3.05, 3.63) is 29.8 Å². The summed E-state index contributed by atoms with van der Waals surface area (Å²) in [7, 11) is 2.24. The Kier molecular flexibility index (Phi) is 5.26. The van der Waals surface area contributed by atoms with E-state index in [4.69, 9.17) is 5.73 Å². The van der Waals surface area contributed by atoms with Crippen LogP contribution in [0.2, 0.25) is 0 Å². The molecule has 1 aliphatic carbocycles. The van der Waals surface area contributed by atoms with Gasteiger partial charge in [-0.2, -0.15) is 0 Å². The van der Waals surface area contributed by atoms with Gasteiger partial charge in [0, 0.05) is 24.8 Å². The van der Waals surface area contributed by atoms with Gasteiger partial charge in [0.1, 0.15) is 0 Å². The fourth-order valence-electron chi connectivity index (χ4n) is 3.05. The van der Waals surface area contributed by atoms with Crippen molar-refractivity contribution in [2.45, 2.75) is 64.0 Å². The Morgan fingerprint density at radius 2 is 1.68 bits per heavy atom. The first-order valence-electron chi connectivity index (χ1n) is 7.80. The van der Waals surface area contributed by atoms with Crippen LogP contribution in [0.15, 0.2) is 24.3 Å². The van der Waals surface area contributed by atoms with Gasteiger partial charge in [-0.25, -0.2) is 0 Å². The first-order valence-corrected chi connectivity index (χ1v) is 7.80. The Balaban J connectivity index is 2.03. The van der Waals surface area contributed by atoms with E-state index < -0.39 is 0 Å². The summed E-state index contributed by atoms with van der Waals surface area (Å²) in [6.45, 7) is 2.14. The van der Waals surface area contributed by atoms with Crippen molar-refractivity contribution < 1.29 is 0 Å². The van der Waals surface area contributed by atoms with E-state index in [9.17, 15) is 0 Å². The van der Waals surface area contributed by atoms with E-state index in [0.717, 1.165) is 6.42 Å². The van der Waals surface area contributed by atoms with Crippen LogP contribution in [-0.4, -0.2) is 13.1 Å². The highest BCUT2D eigenvalue weighted by molar-refractivity contribution is 5.48. The Morgan fingerprint density at radius 1 is 1.11 bits per heavy atom. The monoisotopic (exact) mass is 260 g/mol. The van der Waals surface area contributed by atoms with Crippen LogP contribution in [0.5, 0.6) is 0 Å². The van der Waals surface area contributed by atoms with Gasteiger partial charge in [0.2, 0.25) is 0 Å². The van der Waals surface area contributed by atoms with Crippen LogP contribution < -0.4 is 10.6 Å². The van der Waals surface area contributed by atoms with Gasteiger partial charge in [-0.1, -0.05) is 44.7 Å². The van der Waals surface area contributed by atoms with Gasteiger partial charge in [-0.05, 0) is 37.0 Å². The van der Waals surface area contributed by atoms with E-state index in [2.05, 4.69) is 43.1 Å². The number of benzene rings is 1. The molecule has 1 aromatic rings. The molecule has 2 nitrogen and oxygen atoms in total. The quantitative estimate of drug-likeness (QED) is 0.820. The molecule has 1 saturated carbocycles. The van der Waals surface area contributed by atoms with Crippen molar-refractivity contribution in [2.75, 3.05) is 11.9 Å². The normalized spacial score (nSPS) is 18.9. The van der Waals surface area contributed by atoms with Gasteiger partial charge in [0.25, 0.3) is 0 Å². The van der Waals surface area contributed by atoms with Gasteiger partial charge in [0.05, 0.1) is 0 Å². The maximum atomic E-state index is 6.07. The molecule has 0 radical (unpaired) electrons. The van der Waals surface area contributed by atoms with Crippen LogP contribution in [0.4, 0.5) is 5.69 Å². The average Bonchev–Trinajstić information content (AvgIpc) is 2.75. The van der Waals surface area contributed by atoms with Gasteiger partial charge in [0.15, 0.2) is 0 Å². The maximum Gasteiger partial charge on any atom is 0.0366 e. The van der Waals surface area contributed by atoms with Crippen molar-refractivity contribution in [2.24, 2.45) is 5.73 Å². The largest absolute Gasteiger partial charge is 0.372 e. The molecule has 1 fully saturated rings. The first kappa shape index (κ1) is 14.4. The highest BCUT2D eigenvalue weighted by Gasteiger charge is 2.17. The summed E-state index contributed by atoms with van der Waals surface area (Å²) in [5.74, 6) is 0. The molecule has 1 aliphatic rings. The number of hydrogen-bond acceptors (Lipinski definition) is 2. The van der Waals surface area contributed by atoms with Gasteiger partial charge >= 0.3 is 0 Å². The third kappa shape index (κ3) is 3.73. The second-order valence-electron chi connectivity index (χ2n) is 5.86. The topological polar surface area (TPSA) is 29.3 Å². The van der Waals surface area contributed by atoms with Crippen LogP contribution in [0.1, 0.15) is 63.5 Å². The summed E-state index contributed by atoms with van der Waals surface area (Å²) < 4.78 is 0. The lowest BCUT2D eigenvalue weighted by atomic mass is 10.0. The highest BCUT2D eigenvalue weighted by Crippen LogP contribution is 2.26.